The fourth-order valence-corrected chi connectivity index (χ4v) is 4.29. The van der Waals surface area contributed by atoms with Gasteiger partial charge in [-0.1, -0.05) is 5.16 Å². The lowest BCUT2D eigenvalue weighted by atomic mass is 10.1. The van der Waals surface area contributed by atoms with Crippen molar-refractivity contribution in [1.82, 2.24) is 10.1 Å². The summed E-state index contributed by atoms with van der Waals surface area (Å²) in [6, 6.07) is 11.2. The van der Waals surface area contributed by atoms with E-state index in [9.17, 15) is 4.79 Å². The summed E-state index contributed by atoms with van der Waals surface area (Å²) in [6.45, 7) is 1.68. The monoisotopic (exact) mass is 398 g/mol. The van der Waals surface area contributed by atoms with Gasteiger partial charge in [-0.2, -0.15) is 0 Å². The number of amides is 1. The van der Waals surface area contributed by atoms with Crippen molar-refractivity contribution in [3.63, 3.8) is 0 Å². The zero-order valence-corrected chi connectivity index (χ0v) is 16.8. The van der Waals surface area contributed by atoms with Gasteiger partial charge in [0.25, 0.3) is 5.91 Å². The van der Waals surface area contributed by atoms with E-state index in [0.717, 1.165) is 41.2 Å². The highest BCUT2D eigenvalue weighted by Gasteiger charge is 2.21. The summed E-state index contributed by atoms with van der Waals surface area (Å²) < 4.78 is 16.3. The number of hydrogen-bond acceptors (Lipinski definition) is 6. The number of hydrogen-bond donors (Lipinski definition) is 0. The molecule has 7 heteroatoms. The molecule has 1 aliphatic rings. The van der Waals surface area contributed by atoms with Gasteiger partial charge >= 0.3 is 0 Å². The van der Waals surface area contributed by atoms with Crippen LogP contribution >= 0.6 is 11.3 Å². The maximum atomic E-state index is 12.7. The van der Waals surface area contributed by atoms with Crippen LogP contribution in [0.5, 0.6) is 11.5 Å². The van der Waals surface area contributed by atoms with E-state index in [2.05, 4.69) is 5.16 Å². The van der Waals surface area contributed by atoms with Crippen LogP contribution in [0.15, 0.2) is 40.9 Å². The van der Waals surface area contributed by atoms with Crippen LogP contribution in [0.3, 0.4) is 0 Å². The molecule has 6 nitrogen and oxygen atoms in total. The third kappa shape index (κ3) is 3.62. The Kier molecular flexibility index (Phi) is 5.34. The van der Waals surface area contributed by atoms with Crippen molar-refractivity contribution < 1.29 is 18.8 Å². The van der Waals surface area contributed by atoms with Gasteiger partial charge in [-0.25, -0.2) is 0 Å². The SMILES string of the molecule is COc1ccc(OC)c(-c2cc(-c3ccc(C(=O)N4CCCCC4)s3)on2)c1. The van der Waals surface area contributed by atoms with Gasteiger partial charge in [-0.3, -0.25) is 4.79 Å². The van der Waals surface area contributed by atoms with Crippen LogP contribution in [0.2, 0.25) is 0 Å². The molecule has 1 aliphatic heterocycles. The van der Waals surface area contributed by atoms with Crippen LogP contribution in [0.25, 0.3) is 21.9 Å². The third-order valence-corrected chi connectivity index (χ3v) is 5.98. The third-order valence-electron chi connectivity index (χ3n) is 4.90. The first-order valence-electron chi connectivity index (χ1n) is 9.28. The number of aromatic nitrogens is 1. The van der Waals surface area contributed by atoms with Crippen LogP contribution in [0.1, 0.15) is 28.9 Å². The van der Waals surface area contributed by atoms with E-state index in [1.807, 2.05) is 41.3 Å². The quantitative estimate of drug-likeness (QED) is 0.623. The second-order valence-corrected chi connectivity index (χ2v) is 7.74. The molecular weight excluding hydrogens is 376 g/mol. The van der Waals surface area contributed by atoms with E-state index in [4.69, 9.17) is 14.0 Å². The fraction of sp³-hybridized carbons (Fsp3) is 0.333. The van der Waals surface area contributed by atoms with E-state index in [-0.39, 0.29) is 5.91 Å². The summed E-state index contributed by atoms with van der Waals surface area (Å²) in [7, 11) is 3.23. The highest BCUT2D eigenvalue weighted by Crippen LogP contribution is 2.36. The Morgan fingerprint density at radius 2 is 1.89 bits per heavy atom. The molecule has 3 aromatic rings. The normalized spacial score (nSPS) is 14.1. The smallest absolute Gasteiger partial charge is 0.263 e. The van der Waals surface area contributed by atoms with Gasteiger partial charge < -0.3 is 18.9 Å². The summed E-state index contributed by atoms with van der Waals surface area (Å²) in [5.74, 6) is 2.13. The van der Waals surface area contributed by atoms with E-state index in [1.165, 1.54) is 17.8 Å². The molecule has 0 bridgehead atoms. The average Bonchev–Trinajstić information content (AvgIpc) is 3.43. The predicted molar refractivity (Wildman–Crippen MR) is 108 cm³/mol. The number of benzene rings is 1. The fourth-order valence-electron chi connectivity index (χ4n) is 3.37. The van der Waals surface area contributed by atoms with Crippen LogP contribution < -0.4 is 9.47 Å². The summed E-state index contributed by atoms with van der Waals surface area (Å²) in [5, 5.41) is 4.19. The summed E-state index contributed by atoms with van der Waals surface area (Å²) in [6.07, 6.45) is 3.36. The summed E-state index contributed by atoms with van der Waals surface area (Å²) in [4.78, 5) is 16.2. The number of carbonyl (C=O) groups excluding carboxylic acids is 1. The van der Waals surface area contributed by atoms with Crippen molar-refractivity contribution in [2.45, 2.75) is 19.3 Å². The lowest BCUT2D eigenvalue weighted by molar-refractivity contribution is 0.0729. The van der Waals surface area contributed by atoms with Gasteiger partial charge in [0.1, 0.15) is 17.2 Å². The molecule has 0 spiro atoms. The minimum absolute atomic E-state index is 0.102. The van der Waals surface area contributed by atoms with Crippen LogP contribution in [-0.2, 0) is 0 Å². The molecule has 0 unspecified atom stereocenters. The Labute approximate surface area is 167 Å². The lowest BCUT2D eigenvalue weighted by Crippen LogP contribution is -2.35. The van der Waals surface area contributed by atoms with Crippen molar-refractivity contribution in [2.75, 3.05) is 27.3 Å². The number of thiophene rings is 1. The average molecular weight is 398 g/mol. The van der Waals surface area contributed by atoms with Crippen molar-refractivity contribution >= 4 is 17.2 Å². The summed E-state index contributed by atoms with van der Waals surface area (Å²) in [5.41, 5.74) is 1.45. The van der Waals surface area contributed by atoms with Crippen LogP contribution in [0, 0.1) is 0 Å². The largest absolute Gasteiger partial charge is 0.497 e. The highest BCUT2D eigenvalue weighted by atomic mass is 32.1. The van der Waals surface area contributed by atoms with Gasteiger partial charge in [-0.05, 0) is 49.6 Å². The molecule has 0 N–H and O–H groups in total. The molecule has 4 rings (SSSR count). The highest BCUT2D eigenvalue weighted by molar-refractivity contribution is 7.17. The Bertz CT molecular complexity index is 972. The molecular formula is C21H22N2O4S. The van der Waals surface area contributed by atoms with Gasteiger partial charge in [0, 0.05) is 24.7 Å². The van der Waals surface area contributed by atoms with E-state index in [1.54, 1.807) is 14.2 Å². The van der Waals surface area contributed by atoms with Gasteiger partial charge in [0.05, 0.1) is 24.0 Å². The van der Waals surface area contributed by atoms with Crippen LogP contribution in [0.4, 0.5) is 0 Å². The van der Waals surface area contributed by atoms with E-state index >= 15 is 0 Å². The molecule has 1 aromatic carbocycles. The predicted octanol–water partition coefficient (Wildman–Crippen LogP) is 4.71. The molecule has 1 fully saturated rings. The van der Waals surface area contributed by atoms with Gasteiger partial charge in [0.15, 0.2) is 5.76 Å². The topological polar surface area (TPSA) is 64.8 Å². The second-order valence-electron chi connectivity index (χ2n) is 6.66. The molecule has 0 saturated carbocycles. The molecule has 1 amide bonds. The molecule has 28 heavy (non-hydrogen) atoms. The number of likely N-dealkylation sites (tertiary alicyclic amines) is 1. The van der Waals surface area contributed by atoms with Crippen LogP contribution in [-0.4, -0.2) is 43.3 Å². The van der Waals surface area contributed by atoms with E-state index in [0.29, 0.717) is 23.0 Å². The molecule has 1 saturated heterocycles. The molecule has 0 aliphatic carbocycles. The van der Waals surface area contributed by atoms with E-state index < -0.39 is 0 Å². The standard InChI is InChI=1S/C21H22N2O4S/c1-25-14-6-7-17(26-2)15(12-14)16-13-18(27-22-16)19-8-9-20(28-19)21(24)23-10-4-3-5-11-23/h6-9,12-13H,3-5,10-11H2,1-2H3. The van der Waals surface area contributed by atoms with Crippen molar-refractivity contribution in [1.29, 1.82) is 0 Å². The Morgan fingerprint density at radius 1 is 1.07 bits per heavy atom. The van der Waals surface area contributed by atoms with Crippen molar-refractivity contribution in [2.24, 2.45) is 0 Å². The number of rotatable bonds is 5. The number of ether oxygens (including phenoxy) is 2. The molecule has 146 valence electrons. The van der Waals surface area contributed by atoms with Gasteiger partial charge in [0.2, 0.25) is 0 Å². The summed E-state index contributed by atoms with van der Waals surface area (Å²) >= 11 is 1.43. The minimum Gasteiger partial charge on any atom is -0.497 e. The minimum atomic E-state index is 0.102. The first-order valence-corrected chi connectivity index (χ1v) is 10.1. The number of carbonyl (C=O) groups is 1. The first kappa shape index (κ1) is 18.6. The molecule has 0 atom stereocenters. The maximum absolute atomic E-state index is 12.7. The number of methoxy groups -OCH3 is 2. The Balaban J connectivity index is 1.59. The second kappa shape index (κ2) is 8.06. The Morgan fingerprint density at radius 3 is 2.64 bits per heavy atom. The molecule has 0 radical (unpaired) electrons. The molecule has 2 aromatic heterocycles. The number of piperidine rings is 1. The lowest BCUT2D eigenvalue weighted by Gasteiger charge is -2.26. The number of nitrogens with zero attached hydrogens (tertiary/aromatic N) is 2. The first-order chi connectivity index (χ1) is 13.7. The van der Waals surface area contributed by atoms with Gasteiger partial charge in [-0.15, -0.1) is 11.3 Å². The maximum Gasteiger partial charge on any atom is 0.263 e. The Hall–Kier alpha value is -2.80. The van der Waals surface area contributed by atoms with Crippen molar-refractivity contribution in [3.05, 3.63) is 41.3 Å². The van der Waals surface area contributed by atoms with Crippen molar-refractivity contribution in [3.8, 4) is 33.4 Å². The molecule has 3 heterocycles. The zero-order chi connectivity index (χ0) is 19.5. The zero-order valence-electron chi connectivity index (χ0n) is 15.9.